The predicted molar refractivity (Wildman–Crippen MR) is 151 cm³/mol. The Hall–Kier alpha value is -4.58. The molecule has 1 aliphatic heterocycles. The SMILES string of the molecule is CCc1nc(/C=N/Nc2ncc(F)c(N3CCOCC3)n2)ccc1Cc1ccc(-c2cccc(O)c2)c(C(F)(F)F)c1. The number of hydrogen-bond acceptors (Lipinski definition) is 8. The molecule has 2 N–H and O–H groups in total. The predicted octanol–water partition coefficient (Wildman–Crippen LogP) is 5.84. The van der Waals surface area contributed by atoms with Gasteiger partial charge in [-0.15, -0.1) is 0 Å². The molecule has 2 aromatic heterocycles. The van der Waals surface area contributed by atoms with Gasteiger partial charge >= 0.3 is 6.18 Å². The van der Waals surface area contributed by atoms with Crippen molar-refractivity contribution in [3.05, 3.63) is 94.7 Å². The smallest absolute Gasteiger partial charge is 0.417 e. The third-order valence-corrected chi connectivity index (χ3v) is 6.76. The van der Waals surface area contributed by atoms with Gasteiger partial charge in [0, 0.05) is 18.8 Å². The van der Waals surface area contributed by atoms with Gasteiger partial charge in [-0.25, -0.2) is 14.8 Å². The van der Waals surface area contributed by atoms with E-state index in [1.807, 2.05) is 13.0 Å². The summed E-state index contributed by atoms with van der Waals surface area (Å²) >= 11 is 0. The summed E-state index contributed by atoms with van der Waals surface area (Å²) in [5.74, 6) is -0.348. The number of halogens is 4. The molecule has 1 aliphatic rings. The van der Waals surface area contributed by atoms with Crippen LogP contribution in [0.3, 0.4) is 0 Å². The van der Waals surface area contributed by atoms with Gasteiger partial charge in [0.2, 0.25) is 5.95 Å². The highest BCUT2D eigenvalue weighted by Crippen LogP contribution is 2.38. The fraction of sp³-hybridized carbons (Fsp3) is 0.267. The molecule has 1 fully saturated rings. The van der Waals surface area contributed by atoms with Crippen molar-refractivity contribution in [3.63, 3.8) is 0 Å². The zero-order valence-corrected chi connectivity index (χ0v) is 22.7. The van der Waals surface area contributed by atoms with E-state index in [4.69, 9.17) is 4.74 Å². The Labute approximate surface area is 239 Å². The molecule has 12 heteroatoms. The van der Waals surface area contributed by atoms with Crippen LogP contribution in [0.15, 0.2) is 65.9 Å². The number of hydrogen-bond donors (Lipinski definition) is 2. The van der Waals surface area contributed by atoms with Crippen molar-refractivity contribution >= 4 is 18.0 Å². The molecule has 0 unspecified atom stereocenters. The second-order valence-corrected chi connectivity index (χ2v) is 9.63. The molecule has 0 spiro atoms. The molecule has 0 radical (unpaired) electrons. The van der Waals surface area contributed by atoms with Gasteiger partial charge in [0.15, 0.2) is 11.6 Å². The summed E-state index contributed by atoms with van der Waals surface area (Å²) in [6, 6.07) is 13.5. The topological polar surface area (TPSA) is 95.8 Å². The number of ether oxygens (including phenoxy) is 1. The van der Waals surface area contributed by atoms with Crippen LogP contribution in [0.2, 0.25) is 0 Å². The molecule has 5 rings (SSSR count). The van der Waals surface area contributed by atoms with Crippen molar-refractivity contribution in [2.45, 2.75) is 25.9 Å². The number of aryl methyl sites for hydroxylation is 1. The lowest BCUT2D eigenvalue weighted by molar-refractivity contribution is -0.137. The Balaban J connectivity index is 1.32. The second-order valence-electron chi connectivity index (χ2n) is 9.63. The minimum absolute atomic E-state index is 0.00255. The molecular weight excluding hydrogens is 552 g/mol. The molecule has 2 aromatic carbocycles. The third kappa shape index (κ3) is 6.82. The van der Waals surface area contributed by atoms with Gasteiger partial charge in [0.05, 0.1) is 36.9 Å². The lowest BCUT2D eigenvalue weighted by Gasteiger charge is -2.27. The first-order valence-corrected chi connectivity index (χ1v) is 13.3. The molecule has 0 aliphatic carbocycles. The number of nitrogens with zero attached hydrogens (tertiary/aromatic N) is 5. The Bertz CT molecular complexity index is 1590. The van der Waals surface area contributed by atoms with Crippen molar-refractivity contribution in [3.8, 4) is 16.9 Å². The monoisotopic (exact) mass is 580 g/mol. The van der Waals surface area contributed by atoms with Crippen LogP contribution in [0.25, 0.3) is 11.1 Å². The van der Waals surface area contributed by atoms with Crippen molar-refractivity contribution in [2.24, 2.45) is 5.10 Å². The highest BCUT2D eigenvalue weighted by atomic mass is 19.4. The summed E-state index contributed by atoms with van der Waals surface area (Å²) in [5.41, 5.74) is 4.72. The number of hydrazone groups is 1. The molecule has 0 atom stereocenters. The van der Waals surface area contributed by atoms with Crippen LogP contribution in [0.1, 0.15) is 35.0 Å². The number of aromatic nitrogens is 3. The molecule has 42 heavy (non-hydrogen) atoms. The van der Waals surface area contributed by atoms with E-state index in [9.17, 15) is 22.7 Å². The number of rotatable bonds is 8. The van der Waals surface area contributed by atoms with Gasteiger partial charge < -0.3 is 14.7 Å². The van der Waals surface area contributed by atoms with Crippen molar-refractivity contribution in [1.82, 2.24) is 15.0 Å². The fourth-order valence-electron chi connectivity index (χ4n) is 4.73. The van der Waals surface area contributed by atoms with E-state index in [-0.39, 0.29) is 35.1 Å². The Morgan fingerprint density at radius 1 is 1.07 bits per heavy atom. The highest BCUT2D eigenvalue weighted by Gasteiger charge is 2.34. The lowest BCUT2D eigenvalue weighted by atomic mass is 9.94. The largest absolute Gasteiger partial charge is 0.508 e. The molecular formula is C30H28F4N6O2. The Morgan fingerprint density at radius 2 is 1.88 bits per heavy atom. The number of morpholine rings is 1. The fourth-order valence-corrected chi connectivity index (χ4v) is 4.73. The van der Waals surface area contributed by atoms with E-state index in [1.54, 1.807) is 17.0 Å². The first-order chi connectivity index (χ1) is 20.2. The number of alkyl halides is 3. The van der Waals surface area contributed by atoms with Crippen molar-refractivity contribution in [1.29, 1.82) is 0 Å². The number of anilines is 2. The maximum atomic E-state index is 14.3. The van der Waals surface area contributed by atoms with Crippen LogP contribution in [-0.4, -0.2) is 52.6 Å². The van der Waals surface area contributed by atoms with Crippen LogP contribution in [0.4, 0.5) is 29.3 Å². The number of aromatic hydroxyl groups is 1. The molecule has 8 nitrogen and oxygen atoms in total. The van der Waals surface area contributed by atoms with Gasteiger partial charge in [-0.1, -0.05) is 37.3 Å². The normalized spacial score (nSPS) is 14.0. The number of nitrogens with one attached hydrogen (secondary N) is 1. The number of phenolic OH excluding ortho intramolecular Hbond substituents is 1. The summed E-state index contributed by atoms with van der Waals surface area (Å²) in [7, 11) is 0. The standard InChI is InChI=1S/C30H28F4N6O2/c1-2-27-21(14-19-6-9-24(25(15-19)30(32,33)34)20-4-3-5-23(41)16-20)7-8-22(37-27)17-36-39-29-35-18-26(31)28(38-29)40-10-12-42-13-11-40/h3-9,15-18,41H,2,10-14H2,1H3,(H,35,38,39)/b36-17+. The van der Waals surface area contributed by atoms with Gasteiger partial charge in [-0.05, 0) is 59.4 Å². The minimum atomic E-state index is -4.58. The van der Waals surface area contributed by atoms with E-state index in [0.29, 0.717) is 44.0 Å². The molecule has 4 aromatic rings. The van der Waals surface area contributed by atoms with Gasteiger partial charge in [0.25, 0.3) is 0 Å². The first-order valence-electron chi connectivity index (χ1n) is 13.3. The lowest BCUT2D eigenvalue weighted by Crippen LogP contribution is -2.37. The van der Waals surface area contributed by atoms with Gasteiger partial charge in [-0.2, -0.15) is 23.3 Å². The van der Waals surface area contributed by atoms with E-state index in [2.05, 4.69) is 25.5 Å². The second kappa shape index (κ2) is 12.5. The average Bonchev–Trinajstić information content (AvgIpc) is 2.98. The van der Waals surface area contributed by atoms with Crippen molar-refractivity contribution in [2.75, 3.05) is 36.6 Å². The van der Waals surface area contributed by atoms with Crippen LogP contribution in [0, 0.1) is 5.82 Å². The Kier molecular flexibility index (Phi) is 8.62. The first kappa shape index (κ1) is 28.9. The van der Waals surface area contributed by atoms with Crippen molar-refractivity contribution < 1.29 is 27.4 Å². The molecule has 218 valence electrons. The van der Waals surface area contributed by atoms with E-state index in [1.165, 1.54) is 36.5 Å². The van der Waals surface area contributed by atoms with Gasteiger partial charge in [0.1, 0.15) is 5.75 Å². The molecule has 3 heterocycles. The van der Waals surface area contributed by atoms with E-state index < -0.39 is 17.6 Å². The molecule has 0 saturated carbocycles. The molecule has 0 bridgehead atoms. The summed E-state index contributed by atoms with van der Waals surface area (Å²) < 4.78 is 61.6. The van der Waals surface area contributed by atoms with Crippen LogP contribution in [-0.2, 0) is 23.8 Å². The molecule has 1 saturated heterocycles. The zero-order chi connectivity index (χ0) is 29.7. The summed E-state index contributed by atoms with van der Waals surface area (Å²) in [4.78, 5) is 14.5. The maximum Gasteiger partial charge on any atom is 0.417 e. The number of pyridine rings is 1. The average molecular weight is 581 g/mol. The summed E-state index contributed by atoms with van der Waals surface area (Å²) in [6.45, 7) is 3.92. The van der Waals surface area contributed by atoms with Crippen LogP contribution in [0.5, 0.6) is 5.75 Å². The Morgan fingerprint density at radius 3 is 2.62 bits per heavy atom. The summed E-state index contributed by atoms with van der Waals surface area (Å²) in [5, 5.41) is 13.9. The quantitative estimate of drug-likeness (QED) is 0.154. The van der Waals surface area contributed by atoms with Crippen LogP contribution < -0.4 is 10.3 Å². The number of benzene rings is 2. The maximum absolute atomic E-state index is 14.3. The number of phenols is 1. The van der Waals surface area contributed by atoms with Crippen LogP contribution >= 0.6 is 0 Å². The van der Waals surface area contributed by atoms with E-state index in [0.717, 1.165) is 23.5 Å². The summed E-state index contributed by atoms with van der Waals surface area (Å²) in [6.07, 6.45) is -1.22. The highest BCUT2D eigenvalue weighted by molar-refractivity contribution is 5.77. The van der Waals surface area contributed by atoms with E-state index >= 15 is 0 Å². The molecule has 0 amide bonds. The third-order valence-electron chi connectivity index (χ3n) is 6.76. The zero-order valence-electron chi connectivity index (χ0n) is 22.7. The van der Waals surface area contributed by atoms with Gasteiger partial charge in [-0.3, -0.25) is 4.98 Å². The minimum Gasteiger partial charge on any atom is -0.508 e.